The van der Waals surface area contributed by atoms with Gasteiger partial charge in [0.25, 0.3) is 11.8 Å². The number of carbonyl (C=O) groups is 2. The number of hydrazone groups is 1. The Morgan fingerprint density at radius 1 is 1.08 bits per heavy atom. The molecule has 0 aromatic heterocycles. The van der Waals surface area contributed by atoms with Crippen molar-refractivity contribution in [2.75, 3.05) is 14.2 Å². The van der Waals surface area contributed by atoms with Crippen LogP contribution in [0.5, 0.6) is 17.2 Å². The third-order valence-electron chi connectivity index (χ3n) is 5.20. The minimum atomic E-state index is -0.814. The minimum absolute atomic E-state index is 0.282. The van der Waals surface area contributed by atoms with Gasteiger partial charge in [0.1, 0.15) is 18.4 Å². The van der Waals surface area contributed by atoms with Crippen molar-refractivity contribution in [3.63, 3.8) is 0 Å². The number of amides is 2. The largest absolute Gasteiger partial charge is 0.497 e. The maximum atomic E-state index is 12.4. The van der Waals surface area contributed by atoms with Crippen LogP contribution < -0.4 is 25.0 Å². The summed E-state index contributed by atoms with van der Waals surface area (Å²) in [5, 5.41) is 15.5. The van der Waals surface area contributed by atoms with E-state index < -0.39 is 11.9 Å². The SMILES string of the molecule is COc1ccc(C(=O)NC(C)C(=O)NN=Cc2cc(Br)c(OCc3ccc(C#N)cc3)c(OC)c2)cc1. The number of rotatable bonds is 10. The predicted octanol–water partition coefficient (Wildman–Crippen LogP) is 4.19. The highest BCUT2D eigenvalue weighted by atomic mass is 79.9. The maximum Gasteiger partial charge on any atom is 0.262 e. The molecule has 3 rings (SSSR count). The number of nitrogens with zero attached hydrogens (tertiary/aromatic N) is 2. The Bertz CT molecular complexity index is 1320. The molecule has 1 unspecified atom stereocenters. The van der Waals surface area contributed by atoms with Crippen molar-refractivity contribution in [2.24, 2.45) is 5.10 Å². The van der Waals surface area contributed by atoms with E-state index in [9.17, 15) is 9.59 Å². The van der Waals surface area contributed by atoms with Crippen molar-refractivity contribution < 1.29 is 23.8 Å². The van der Waals surface area contributed by atoms with Gasteiger partial charge in [-0.15, -0.1) is 0 Å². The monoisotopic (exact) mass is 564 g/mol. The molecule has 9 nitrogen and oxygen atoms in total. The molecule has 0 radical (unpaired) electrons. The fourth-order valence-corrected chi connectivity index (χ4v) is 3.71. The number of carbonyl (C=O) groups excluding carboxylic acids is 2. The zero-order valence-electron chi connectivity index (χ0n) is 20.4. The van der Waals surface area contributed by atoms with Gasteiger partial charge < -0.3 is 19.5 Å². The van der Waals surface area contributed by atoms with E-state index in [-0.39, 0.29) is 12.5 Å². The molecule has 0 aliphatic carbocycles. The van der Waals surface area contributed by atoms with Crippen LogP contribution in [0.15, 0.2) is 70.2 Å². The number of hydrogen-bond donors (Lipinski definition) is 2. The third-order valence-corrected chi connectivity index (χ3v) is 5.79. The van der Waals surface area contributed by atoms with Gasteiger partial charge in [0.15, 0.2) is 11.5 Å². The van der Waals surface area contributed by atoms with Gasteiger partial charge in [-0.05, 0) is 82.5 Å². The number of halogens is 1. The average Bonchev–Trinajstić information content (AvgIpc) is 2.92. The van der Waals surface area contributed by atoms with Gasteiger partial charge in [-0.2, -0.15) is 10.4 Å². The van der Waals surface area contributed by atoms with E-state index in [1.807, 2.05) is 12.1 Å². The Morgan fingerprint density at radius 3 is 2.41 bits per heavy atom. The molecular formula is C27H25BrN4O5. The molecule has 0 aliphatic heterocycles. The van der Waals surface area contributed by atoms with Crippen LogP contribution in [-0.4, -0.2) is 38.3 Å². The van der Waals surface area contributed by atoms with Crippen LogP contribution in [0.4, 0.5) is 0 Å². The Morgan fingerprint density at radius 2 is 1.78 bits per heavy atom. The van der Waals surface area contributed by atoms with E-state index in [1.54, 1.807) is 55.5 Å². The highest BCUT2D eigenvalue weighted by Gasteiger charge is 2.16. The summed E-state index contributed by atoms with van der Waals surface area (Å²) in [6.07, 6.45) is 1.45. The van der Waals surface area contributed by atoms with Crippen molar-refractivity contribution in [2.45, 2.75) is 19.6 Å². The van der Waals surface area contributed by atoms with Gasteiger partial charge in [-0.1, -0.05) is 12.1 Å². The zero-order chi connectivity index (χ0) is 26.8. The van der Waals surface area contributed by atoms with Crippen LogP contribution >= 0.6 is 15.9 Å². The second-order valence-electron chi connectivity index (χ2n) is 7.79. The summed E-state index contributed by atoms with van der Waals surface area (Å²) >= 11 is 3.49. The van der Waals surface area contributed by atoms with Gasteiger partial charge >= 0.3 is 0 Å². The lowest BCUT2D eigenvalue weighted by Gasteiger charge is -2.14. The van der Waals surface area contributed by atoms with Crippen molar-refractivity contribution in [3.8, 4) is 23.3 Å². The van der Waals surface area contributed by atoms with Crippen LogP contribution in [0.1, 0.15) is 34.0 Å². The van der Waals surface area contributed by atoms with Crippen LogP contribution in [0.3, 0.4) is 0 Å². The molecule has 3 aromatic carbocycles. The van der Waals surface area contributed by atoms with Crippen molar-refractivity contribution in [3.05, 3.63) is 87.4 Å². The molecule has 0 heterocycles. The molecule has 10 heteroatoms. The molecule has 0 bridgehead atoms. The molecule has 190 valence electrons. The normalized spacial score (nSPS) is 11.3. The van der Waals surface area contributed by atoms with Gasteiger partial charge in [-0.3, -0.25) is 9.59 Å². The first-order chi connectivity index (χ1) is 17.8. The fourth-order valence-electron chi connectivity index (χ4n) is 3.14. The molecule has 0 fully saturated rings. The molecule has 0 saturated carbocycles. The summed E-state index contributed by atoms with van der Waals surface area (Å²) in [5.41, 5.74) is 4.94. The Kier molecular flexibility index (Phi) is 9.63. The predicted molar refractivity (Wildman–Crippen MR) is 142 cm³/mol. The van der Waals surface area contributed by atoms with E-state index in [0.717, 1.165) is 5.56 Å². The van der Waals surface area contributed by atoms with Crippen molar-refractivity contribution >= 4 is 34.0 Å². The summed E-state index contributed by atoms with van der Waals surface area (Å²) in [6, 6.07) is 18.4. The second kappa shape index (κ2) is 13.1. The summed E-state index contributed by atoms with van der Waals surface area (Å²) in [5.74, 6) is 0.732. The van der Waals surface area contributed by atoms with Crippen LogP contribution in [0.25, 0.3) is 0 Å². The number of methoxy groups -OCH3 is 2. The molecule has 37 heavy (non-hydrogen) atoms. The lowest BCUT2D eigenvalue weighted by molar-refractivity contribution is -0.122. The first-order valence-electron chi connectivity index (χ1n) is 11.1. The highest BCUT2D eigenvalue weighted by molar-refractivity contribution is 9.10. The lowest BCUT2D eigenvalue weighted by Crippen LogP contribution is -2.43. The fraction of sp³-hybridized carbons (Fsp3) is 0.185. The standard InChI is InChI=1S/C27H25BrN4O5/c1-17(31-27(34)21-8-10-22(35-2)11-9-21)26(33)32-30-15-20-12-23(28)25(24(13-20)36-3)37-16-19-6-4-18(14-29)5-7-19/h4-13,15,17H,16H2,1-3H3,(H,31,34)(H,32,33). The number of nitrogens with one attached hydrogen (secondary N) is 2. The average molecular weight is 565 g/mol. The number of nitriles is 1. The van der Waals surface area contributed by atoms with E-state index in [2.05, 4.69) is 37.8 Å². The summed E-state index contributed by atoms with van der Waals surface area (Å²) < 4.78 is 17.1. The lowest BCUT2D eigenvalue weighted by atomic mass is 10.1. The Labute approximate surface area is 223 Å². The molecule has 2 N–H and O–H groups in total. The van der Waals surface area contributed by atoms with E-state index in [4.69, 9.17) is 19.5 Å². The van der Waals surface area contributed by atoms with Crippen LogP contribution in [0, 0.1) is 11.3 Å². The maximum absolute atomic E-state index is 12.4. The summed E-state index contributed by atoms with van der Waals surface area (Å²) in [7, 11) is 3.06. The molecular weight excluding hydrogens is 540 g/mol. The quantitative estimate of drug-likeness (QED) is 0.281. The van der Waals surface area contributed by atoms with E-state index in [1.165, 1.54) is 20.4 Å². The number of hydrogen-bond acceptors (Lipinski definition) is 7. The molecule has 1 atom stereocenters. The number of benzene rings is 3. The number of ether oxygens (including phenoxy) is 3. The smallest absolute Gasteiger partial charge is 0.262 e. The van der Waals surface area contributed by atoms with Gasteiger partial charge in [0, 0.05) is 5.56 Å². The van der Waals surface area contributed by atoms with E-state index in [0.29, 0.717) is 38.4 Å². The van der Waals surface area contributed by atoms with Crippen molar-refractivity contribution in [1.29, 1.82) is 5.26 Å². The van der Waals surface area contributed by atoms with Gasteiger partial charge in [0.2, 0.25) is 0 Å². The summed E-state index contributed by atoms with van der Waals surface area (Å²) in [4.78, 5) is 24.7. The summed E-state index contributed by atoms with van der Waals surface area (Å²) in [6.45, 7) is 1.84. The first kappa shape index (κ1) is 27.2. The minimum Gasteiger partial charge on any atom is -0.497 e. The third kappa shape index (κ3) is 7.56. The Hall–Kier alpha value is -4.36. The van der Waals surface area contributed by atoms with E-state index >= 15 is 0 Å². The van der Waals surface area contributed by atoms with Crippen molar-refractivity contribution in [1.82, 2.24) is 10.7 Å². The Balaban J connectivity index is 1.58. The molecule has 2 amide bonds. The zero-order valence-corrected chi connectivity index (χ0v) is 22.0. The molecule has 0 aliphatic rings. The highest BCUT2D eigenvalue weighted by Crippen LogP contribution is 2.36. The topological polar surface area (TPSA) is 122 Å². The first-order valence-corrected chi connectivity index (χ1v) is 11.9. The second-order valence-corrected chi connectivity index (χ2v) is 8.64. The molecule has 0 saturated heterocycles. The van der Waals surface area contributed by atoms with Crippen LogP contribution in [0.2, 0.25) is 0 Å². The molecule has 0 spiro atoms. The molecule has 3 aromatic rings. The van der Waals surface area contributed by atoms with Gasteiger partial charge in [-0.25, -0.2) is 5.43 Å². The van der Waals surface area contributed by atoms with Gasteiger partial charge in [0.05, 0.1) is 36.5 Å². The van der Waals surface area contributed by atoms with Crippen LogP contribution in [-0.2, 0) is 11.4 Å².